The number of aryl methyl sites for hydroxylation is 1. The Morgan fingerprint density at radius 3 is 2.66 bits per heavy atom. The van der Waals surface area contributed by atoms with Crippen LogP contribution in [0.1, 0.15) is 32.5 Å². The fourth-order valence-electron chi connectivity index (χ4n) is 3.10. The molecule has 1 aliphatic heterocycles. The molecule has 0 bridgehead atoms. The summed E-state index contributed by atoms with van der Waals surface area (Å²) >= 11 is 0. The molecule has 0 aliphatic carbocycles. The number of amides is 2. The monoisotopic (exact) mass is 404 g/mol. The number of hydrogen-bond donors (Lipinski definition) is 1. The largest absolute Gasteiger partial charge is 0.449 e. The van der Waals surface area contributed by atoms with E-state index in [1.807, 2.05) is 13.8 Å². The highest BCUT2D eigenvalue weighted by atomic mass is 19.1. The summed E-state index contributed by atoms with van der Waals surface area (Å²) in [4.78, 5) is 26.2. The maximum absolute atomic E-state index is 14.2. The van der Waals surface area contributed by atoms with E-state index in [1.165, 1.54) is 22.9 Å². The van der Waals surface area contributed by atoms with Crippen LogP contribution in [0.2, 0.25) is 0 Å². The van der Waals surface area contributed by atoms with Crippen LogP contribution in [-0.4, -0.2) is 56.8 Å². The highest BCUT2D eigenvalue weighted by molar-refractivity contribution is 5.93. The maximum Gasteiger partial charge on any atom is 0.409 e. The number of nitrogens with one attached hydrogen (secondary N) is 1. The highest BCUT2D eigenvalue weighted by Crippen LogP contribution is 2.23. The van der Waals surface area contributed by atoms with Gasteiger partial charge in [-0.3, -0.25) is 4.79 Å². The van der Waals surface area contributed by atoms with Crippen molar-refractivity contribution in [3.63, 3.8) is 0 Å². The van der Waals surface area contributed by atoms with Crippen LogP contribution in [0.4, 0.5) is 14.9 Å². The van der Waals surface area contributed by atoms with Gasteiger partial charge in [0, 0.05) is 19.0 Å². The quantitative estimate of drug-likeness (QED) is 0.822. The van der Waals surface area contributed by atoms with Crippen LogP contribution in [0, 0.1) is 24.6 Å². The van der Waals surface area contributed by atoms with Gasteiger partial charge in [0.25, 0.3) is 0 Å². The summed E-state index contributed by atoms with van der Waals surface area (Å²) < 4.78 is 20.9. The van der Waals surface area contributed by atoms with Crippen LogP contribution < -0.4 is 5.32 Å². The van der Waals surface area contributed by atoms with Gasteiger partial charge in [0.2, 0.25) is 5.91 Å². The van der Waals surface area contributed by atoms with E-state index < -0.39 is 5.82 Å². The number of anilines is 1. The van der Waals surface area contributed by atoms with Gasteiger partial charge in [-0.1, -0.05) is 13.8 Å². The molecule has 1 aromatic carbocycles. The minimum Gasteiger partial charge on any atom is -0.449 e. The summed E-state index contributed by atoms with van der Waals surface area (Å²) in [6.07, 6.45) is 0.639. The smallest absolute Gasteiger partial charge is 0.409 e. The normalized spacial score (nSPS) is 14.9. The molecule has 0 radical (unpaired) electrons. The maximum atomic E-state index is 14.2. The van der Waals surface area contributed by atoms with E-state index in [9.17, 15) is 14.0 Å². The van der Waals surface area contributed by atoms with E-state index in [-0.39, 0.29) is 29.5 Å². The minimum atomic E-state index is -0.539. The molecule has 0 saturated carbocycles. The van der Waals surface area contributed by atoms with Crippen molar-refractivity contribution >= 4 is 17.7 Å². The van der Waals surface area contributed by atoms with Crippen molar-refractivity contribution in [1.29, 1.82) is 0 Å². The molecule has 0 unspecified atom stereocenters. The summed E-state index contributed by atoms with van der Waals surface area (Å²) in [5.41, 5.74) is 0.619. The van der Waals surface area contributed by atoms with Crippen molar-refractivity contribution in [3.05, 3.63) is 29.8 Å². The van der Waals surface area contributed by atoms with Crippen LogP contribution in [0.3, 0.4) is 0 Å². The lowest BCUT2D eigenvalue weighted by atomic mass is 9.96. The molecule has 1 saturated heterocycles. The number of nitrogens with zero attached hydrogens (tertiary/aromatic N) is 5. The van der Waals surface area contributed by atoms with Crippen molar-refractivity contribution in [2.45, 2.75) is 33.6 Å². The molecule has 1 N–H and O–H groups in total. The molecule has 1 aliphatic rings. The summed E-state index contributed by atoms with van der Waals surface area (Å²) in [7, 11) is 0. The standard InChI is InChI=1S/C19H25FN6O3/c1-12(2)11-29-19(28)25-8-6-14(7-9-25)18(27)21-17-10-15(4-5-16(17)20)26-13(3)22-23-24-26/h4-5,10,12,14H,6-9,11H2,1-3H3,(H,21,27). The van der Waals surface area contributed by atoms with E-state index in [0.717, 1.165) is 0 Å². The Balaban J connectivity index is 1.59. The Morgan fingerprint density at radius 2 is 2.03 bits per heavy atom. The van der Waals surface area contributed by atoms with Crippen LogP contribution in [0.25, 0.3) is 5.69 Å². The molecular weight excluding hydrogens is 379 g/mol. The summed E-state index contributed by atoms with van der Waals surface area (Å²) in [6.45, 7) is 6.90. The van der Waals surface area contributed by atoms with Gasteiger partial charge in [-0.05, 0) is 54.3 Å². The van der Waals surface area contributed by atoms with Gasteiger partial charge >= 0.3 is 6.09 Å². The predicted octanol–water partition coefficient (Wildman–Crippen LogP) is 2.55. The molecule has 156 valence electrons. The van der Waals surface area contributed by atoms with Crippen LogP contribution in [0.5, 0.6) is 0 Å². The Labute approximate surface area is 168 Å². The fourth-order valence-corrected chi connectivity index (χ4v) is 3.10. The van der Waals surface area contributed by atoms with Crippen molar-refractivity contribution in [1.82, 2.24) is 25.1 Å². The van der Waals surface area contributed by atoms with Gasteiger partial charge in [0.15, 0.2) is 5.82 Å². The lowest BCUT2D eigenvalue weighted by Crippen LogP contribution is -2.42. The number of rotatable bonds is 5. The topological polar surface area (TPSA) is 102 Å². The first-order valence-electron chi connectivity index (χ1n) is 9.62. The first-order chi connectivity index (χ1) is 13.8. The molecule has 2 heterocycles. The first kappa shape index (κ1) is 20.7. The van der Waals surface area contributed by atoms with Gasteiger partial charge in [-0.25, -0.2) is 9.18 Å². The van der Waals surface area contributed by atoms with Gasteiger partial charge < -0.3 is 15.0 Å². The summed E-state index contributed by atoms with van der Waals surface area (Å²) in [5, 5.41) is 13.9. The van der Waals surface area contributed by atoms with E-state index >= 15 is 0 Å². The van der Waals surface area contributed by atoms with Crippen molar-refractivity contribution in [3.8, 4) is 5.69 Å². The molecule has 0 atom stereocenters. The molecule has 1 aromatic heterocycles. The van der Waals surface area contributed by atoms with Gasteiger partial charge in [0.1, 0.15) is 5.82 Å². The second kappa shape index (κ2) is 8.97. The lowest BCUT2D eigenvalue weighted by Gasteiger charge is -2.30. The zero-order valence-electron chi connectivity index (χ0n) is 16.8. The van der Waals surface area contributed by atoms with Crippen molar-refractivity contribution in [2.24, 2.45) is 11.8 Å². The number of carbonyl (C=O) groups is 2. The molecule has 9 nitrogen and oxygen atoms in total. The highest BCUT2D eigenvalue weighted by Gasteiger charge is 2.28. The van der Waals surface area contributed by atoms with Crippen LogP contribution >= 0.6 is 0 Å². The second-order valence-electron chi connectivity index (χ2n) is 7.52. The molecule has 2 amide bonds. The molecule has 29 heavy (non-hydrogen) atoms. The summed E-state index contributed by atoms with van der Waals surface area (Å²) in [6, 6.07) is 4.30. The van der Waals surface area contributed by atoms with Gasteiger partial charge in [-0.15, -0.1) is 5.10 Å². The summed E-state index contributed by atoms with van der Waals surface area (Å²) in [5.74, 6) is -0.301. The van der Waals surface area contributed by atoms with Crippen LogP contribution in [0.15, 0.2) is 18.2 Å². The number of hydrogen-bond acceptors (Lipinski definition) is 6. The molecule has 10 heteroatoms. The number of likely N-dealkylation sites (tertiary alicyclic amines) is 1. The van der Waals surface area contributed by atoms with E-state index in [2.05, 4.69) is 20.8 Å². The number of carbonyl (C=O) groups excluding carboxylic acids is 2. The van der Waals surface area contributed by atoms with E-state index in [4.69, 9.17) is 4.74 Å². The number of aromatic nitrogens is 4. The molecule has 2 aromatic rings. The van der Waals surface area contributed by atoms with E-state index in [0.29, 0.717) is 44.0 Å². The number of benzene rings is 1. The third-order valence-electron chi connectivity index (χ3n) is 4.74. The lowest BCUT2D eigenvalue weighted by molar-refractivity contribution is -0.121. The molecule has 0 spiro atoms. The second-order valence-corrected chi connectivity index (χ2v) is 7.52. The zero-order chi connectivity index (χ0) is 21.0. The number of halogens is 1. The molecule has 3 rings (SSSR count). The average molecular weight is 404 g/mol. The van der Waals surface area contributed by atoms with Gasteiger partial charge in [0.05, 0.1) is 18.0 Å². The first-order valence-corrected chi connectivity index (χ1v) is 9.62. The Hall–Kier alpha value is -3.04. The fraction of sp³-hybridized carbons (Fsp3) is 0.526. The number of tetrazole rings is 1. The zero-order valence-corrected chi connectivity index (χ0v) is 16.8. The van der Waals surface area contributed by atoms with Crippen LogP contribution in [-0.2, 0) is 9.53 Å². The minimum absolute atomic E-state index is 0.0705. The predicted molar refractivity (Wildman–Crippen MR) is 103 cm³/mol. The third kappa shape index (κ3) is 5.07. The van der Waals surface area contributed by atoms with Gasteiger partial charge in [-0.2, -0.15) is 4.68 Å². The molecular formula is C19H25FN6O3. The SMILES string of the molecule is Cc1nnnn1-c1ccc(F)c(NC(=O)C2CCN(C(=O)OCC(C)C)CC2)c1. The van der Waals surface area contributed by atoms with E-state index in [1.54, 1.807) is 11.8 Å². The Kier molecular flexibility index (Phi) is 6.40. The molecule has 1 fully saturated rings. The number of piperidine rings is 1. The Bertz CT molecular complexity index is 877. The average Bonchev–Trinajstić information content (AvgIpc) is 3.13. The van der Waals surface area contributed by atoms with Crippen molar-refractivity contribution in [2.75, 3.05) is 25.0 Å². The Morgan fingerprint density at radius 1 is 1.31 bits per heavy atom. The third-order valence-corrected chi connectivity index (χ3v) is 4.74. The number of ether oxygens (including phenoxy) is 1. The van der Waals surface area contributed by atoms with Crippen molar-refractivity contribution < 1.29 is 18.7 Å².